The van der Waals surface area contributed by atoms with Crippen molar-refractivity contribution in [3.05, 3.63) is 24.9 Å². The molecule has 3 heterocycles. The number of imidazole rings is 1. The molecule has 0 bridgehead atoms. The molecule has 0 aliphatic carbocycles. The Morgan fingerprint density at radius 3 is 3.00 bits per heavy atom. The molecular weight excluding hydrogens is 274 g/mol. The lowest BCUT2D eigenvalue weighted by Crippen LogP contribution is -2.05. The number of aryl methyl sites for hydroxylation is 1. The Bertz CT molecular complexity index is 717. The average molecular weight is 289 g/mol. The van der Waals surface area contributed by atoms with Crippen LogP contribution in [0.25, 0.3) is 5.65 Å². The lowest BCUT2D eigenvalue weighted by atomic mass is 10.5. The van der Waals surface area contributed by atoms with E-state index in [4.69, 9.17) is 0 Å². The van der Waals surface area contributed by atoms with Crippen LogP contribution in [-0.4, -0.2) is 35.7 Å². The Morgan fingerprint density at radius 1 is 1.35 bits per heavy atom. The number of hydrogen-bond donors (Lipinski definition) is 1. The Balaban J connectivity index is 1.99. The molecular formula is C12H15N7S. The summed E-state index contributed by atoms with van der Waals surface area (Å²) in [7, 11) is 1.86. The second kappa shape index (κ2) is 5.49. The molecule has 3 aromatic heterocycles. The highest BCUT2D eigenvalue weighted by Gasteiger charge is 2.12. The molecule has 0 aliphatic heterocycles. The van der Waals surface area contributed by atoms with Gasteiger partial charge >= 0.3 is 0 Å². The molecule has 0 aliphatic rings. The van der Waals surface area contributed by atoms with Crippen molar-refractivity contribution in [1.29, 1.82) is 0 Å². The molecule has 20 heavy (non-hydrogen) atoms. The van der Waals surface area contributed by atoms with Gasteiger partial charge in [-0.1, -0.05) is 6.92 Å². The summed E-state index contributed by atoms with van der Waals surface area (Å²) in [5, 5.41) is 8.96. The molecule has 0 aromatic carbocycles. The quantitative estimate of drug-likeness (QED) is 0.772. The van der Waals surface area contributed by atoms with Gasteiger partial charge in [0.15, 0.2) is 10.8 Å². The number of nitrogens with one attached hydrogen (secondary N) is 1. The summed E-state index contributed by atoms with van der Waals surface area (Å²) < 4.78 is 3.68. The van der Waals surface area contributed by atoms with Gasteiger partial charge in [-0.2, -0.15) is 5.10 Å². The maximum absolute atomic E-state index is 4.61. The fraction of sp³-hybridized carbons (Fsp3) is 0.333. The highest BCUT2D eigenvalue weighted by Crippen LogP contribution is 2.27. The van der Waals surface area contributed by atoms with Crippen molar-refractivity contribution in [3.63, 3.8) is 0 Å². The first kappa shape index (κ1) is 12.9. The van der Waals surface area contributed by atoms with E-state index in [9.17, 15) is 0 Å². The summed E-state index contributed by atoms with van der Waals surface area (Å²) in [6.07, 6.45) is 8.20. The summed E-state index contributed by atoms with van der Waals surface area (Å²) in [4.78, 5) is 13.2. The number of aromatic nitrogens is 6. The van der Waals surface area contributed by atoms with Crippen LogP contribution in [0, 0.1) is 0 Å². The molecule has 0 unspecified atom stereocenters. The molecule has 0 fully saturated rings. The van der Waals surface area contributed by atoms with Crippen LogP contribution in [-0.2, 0) is 7.05 Å². The van der Waals surface area contributed by atoms with Gasteiger partial charge < -0.3 is 9.72 Å². The Labute approximate surface area is 120 Å². The van der Waals surface area contributed by atoms with Crippen LogP contribution < -0.4 is 5.32 Å². The standard InChI is InChI=1S/C12H15N7S/c1-3-4-13-9-7-19-6-5-14-10(19)11(17-9)20-12-15-8-16-18(12)2/h5-8,13H,3-4H2,1-2H3. The molecule has 3 rings (SSSR count). The minimum absolute atomic E-state index is 0.787. The second-order valence-electron chi connectivity index (χ2n) is 4.28. The molecule has 0 radical (unpaired) electrons. The number of fused-ring (bicyclic) bond motifs is 1. The molecule has 3 aromatic rings. The predicted molar refractivity (Wildman–Crippen MR) is 76.9 cm³/mol. The lowest BCUT2D eigenvalue weighted by Gasteiger charge is -2.08. The van der Waals surface area contributed by atoms with E-state index in [0.717, 1.165) is 34.6 Å². The zero-order valence-electron chi connectivity index (χ0n) is 11.3. The third kappa shape index (κ3) is 2.46. The minimum atomic E-state index is 0.787. The van der Waals surface area contributed by atoms with Crippen molar-refractivity contribution in [2.75, 3.05) is 11.9 Å². The molecule has 0 amide bonds. The first-order valence-corrected chi connectivity index (χ1v) is 7.19. The van der Waals surface area contributed by atoms with Gasteiger partial charge in [-0.05, 0) is 18.2 Å². The number of hydrogen-bond acceptors (Lipinski definition) is 6. The van der Waals surface area contributed by atoms with Crippen molar-refractivity contribution in [3.8, 4) is 0 Å². The van der Waals surface area contributed by atoms with Gasteiger partial charge in [-0.15, -0.1) is 0 Å². The zero-order chi connectivity index (χ0) is 13.9. The van der Waals surface area contributed by atoms with Crippen molar-refractivity contribution in [1.82, 2.24) is 29.1 Å². The third-order valence-corrected chi connectivity index (χ3v) is 3.78. The molecule has 0 atom stereocenters. The van der Waals surface area contributed by atoms with Crippen LogP contribution in [0.5, 0.6) is 0 Å². The normalized spacial score (nSPS) is 11.1. The third-order valence-electron chi connectivity index (χ3n) is 2.76. The summed E-state index contributed by atoms with van der Waals surface area (Å²) in [6, 6.07) is 0. The van der Waals surface area contributed by atoms with Gasteiger partial charge in [0, 0.05) is 26.0 Å². The molecule has 0 saturated carbocycles. The van der Waals surface area contributed by atoms with Gasteiger partial charge in [0.25, 0.3) is 0 Å². The van der Waals surface area contributed by atoms with E-state index in [1.807, 2.05) is 23.8 Å². The fourth-order valence-electron chi connectivity index (χ4n) is 1.77. The van der Waals surface area contributed by atoms with Crippen LogP contribution in [0.15, 0.2) is 35.1 Å². The molecule has 1 N–H and O–H groups in total. The smallest absolute Gasteiger partial charge is 0.192 e. The van der Waals surface area contributed by atoms with Crippen molar-refractivity contribution in [2.24, 2.45) is 7.05 Å². The molecule has 8 heteroatoms. The largest absolute Gasteiger partial charge is 0.369 e. The van der Waals surface area contributed by atoms with Gasteiger partial charge in [0.05, 0.1) is 6.20 Å². The zero-order valence-corrected chi connectivity index (χ0v) is 12.1. The SMILES string of the molecule is CCCNc1cn2ccnc2c(Sc2ncnn2C)n1. The Hall–Kier alpha value is -2.09. The second-order valence-corrected chi connectivity index (χ2v) is 5.24. The first-order valence-electron chi connectivity index (χ1n) is 6.37. The minimum Gasteiger partial charge on any atom is -0.369 e. The molecule has 0 spiro atoms. The lowest BCUT2D eigenvalue weighted by molar-refractivity contribution is 0.684. The van der Waals surface area contributed by atoms with Crippen LogP contribution in [0.2, 0.25) is 0 Å². The maximum atomic E-state index is 4.61. The Kier molecular flexibility index (Phi) is 3.55. The van der Waals surface area contributed by atoms with Crippen molar-refractivity contribution in [2.45, 2.75) is 23.5 Å². The fourth-order valence-corrected chi connectivity index (χ4v) is 2.62. The number of rotatable bonds is 5. The summed E-state index contributed by atoms with van der Waals surface area (Å²) in [5.41, 5.74) is 0.819. The van der Waals surface area contributed by atoms with E-state index in [2.05, 4.69) is 32.3 Å². The topological polar surface area (TPSA) is 72.9 Å². The molecule has 104 valence electrons. The van der Waals surface area contributed by atoms with E-state index < -0.39 is 0 Å². The van der Waals surface area contributed by atoms with E-state index in [1.54, 1.807) is 10.9 Å². The van der Waals surface area contributed by atoms with Crippen LogP contribution >= 0.6 is 11.8 Å². The van der Waals surface area contributed by atoms with Crippen LogP contribution in [0.1, 0.15) is 13.3 Å². The highest BCUT2D eigenvalue weighted by atomic mass is 32.2. The molecule has 0 saturated heterocycles. The van der Waals surface area contributed by atoms with E-state index >= 15 is 0 Å². The molecule has 7 nitrogen and oxygen atoms in total. The summed E-state index contributed by atoms with van der Waals surface area (Å²) >= 11 is 1.46. The van der Waals surface area contributed by atoms with Crippen LogP contribution in [0.3, 0.4) is 0 Å². The van der Waals surface area contributed by atoms with Gasteiger partial charge in [-0.25, -0.2) is 19.6 Å². The van der Waals surface area contributed by atoms with Gasteiger partial charge in [0.2, 0.25) is 0 Å². The number of nitrogens with zero attached hydrogens (tertiary/aromatic N) is 6. The first-order chi connectivity index (χ1) is 9.78. The van der Waals surface area contributed by atoms with Crippen molar-refractivity contribution >= 4 is 23.2 Å². The Morgan fingerprint density at radius 2 is 2.25 bits per heavy atom. The average Bonchev–Trinajstić information content (AvgIpc) is 3.06. The highest BCUT2D eigenvalue weighted by molar-refractivity contribution is 7.99. The maximum Gasteiger partial charge on any atom is 0.192 e. The van der Waals surface area contributed by atoms with Crippen LogP contribution in [0.4, 0.5) is 5.82 Å². The van der Waals surface area contributed by atoms with Gasteiger partial charge in [-0.3, -0.25) is 0 Å². The number of anilines is 1. The predicted octanol–water partition coefficient (Wildman–Crippen LogP) is 1.83. The van der Waals surface area contributed by atoms with Gasteiger partial charge in [0.1, 0.15) is 17.2 Å². The van der Waals surface area contributed by atoms with Crippen molar-refractivity contribution < 1.29 is 0 Å². The van der Waals surface area contributed by atoms with E-state index in [0.29, 0.717) is 0 Å². The monoisotopic (exact) mass is 289 g/mol. The summed E-state index contributed by atoms with van der Waals surface area (Å²) in [5.74, 6) is 0.835. The van der Waals surface area contributed by atoms with E-state index in [1.165, 1.54) is 18.1 Å². The van der Waals surface area contributed by atoms with E-state index in [-0.39, 0.29) is 0 Å². The summed E-state index contributed by atoms with van der Waals surface area (Å²) in [6.45, 7) is 3.01.